The highest BCUT2D eigenvalue weighted by atomic mass is 32.2. The molecule has 0 saturated carbocycles. The molecule has 2 aromatic rings. The second-order valence-corrected chi connectivity index (χ2v) is 5.05. The maximum Gasteiger partial charge on any atom is 0.118 e. The van der Waals surface area contributed by atoms with Crippen molar-refractivity contribution < 1.29 is 4.74 Å². The van der Waals surface area contributed by atoms with Gasteiger partial charge in [0.2, 0.25) is 0 Å². The summed E-state index contributed by atoms with van der Waals surface area (Å²) in [7, 11) is 1.63. The number of allylic oxidation sites excluding steroid dienone is 1. The van der Waals surface area contributed by atoms with E-state index in [0.29, 0.717) is 5.57 Å². The number of nitriles is 1. The van der Waals surface area contributed by atoms with E-state index in [0.717, 1.165) is 16.9 Å². The maximum atomic E-state index is 9.31. The Bertz CT molecular complexity index is 636. The van der Waals surface area contributed by atoms with Crippen molar-refractivity contribution in [3.8, 4) is 11.8 Å². The summed E-state index contributed by atoms with van der Waals surface area (Å²) in [5, 5.41) is 9.31. The lowest BCUT2D eigenvalue weighted by molar-refractivity contribution is 0.415. The molecule has 0 atom stereocenters. The van der Waals surface area contributed by atoms with Crippen LogP contribution in [0.3, 0.4) is 0 Å². The first kappa shape index (κ1) is 14.2. The SMILES string of the molecule is COc1ccc(C(C#N)=Cc2ccc(SC)cc2)cc1. The monoisotopic (exact) mass is 281 g/mol. The van der Waals surface area contributed by atoms with Crippen LogP contribution >= 0.6 is 11.8 Å². The summed E-state index contributed by atoms with van der Waals surface area (Å²) in [5.41, 5.74) is 2.56. The van der Waals surface area contributed by atoms with Crippen molar-refractivity contribution in [1.82, 2.24) is 0 Å². The van der Waals surface area contributed by atoms with Gasteiger partial charge >= 0.3 is 0 Å². The minimum Gasteiger partial charge on any atom is -0.497 e. The molecule has 0 N–H and O–H groups in total. The molecule has 0 amide bonds. The summed E-state index contributed by atoms with van der Waals surface area (Å²) in [6.07, 6.45) is 3.94. The molecule has 2 rings (SSSR count). The van der Waals surface area contributed by atoms with Crippen molar-refractivity contribution in [3.05, 3.63) is 59.7 Å². The van der Waals surface area contributed by atoms with Gasteiger partial charge in [-0.25, -0.2) is 0 Å². The molecule has 0 aromatic heterocycles. The molecular formula is C17H15NOS. The quantitative estimate of drug-likeness (QED) is 0.470. The summed E-state index contributed by atoms with van der Waals surface area (Å²) in [4.78, 5) is 1.21. The van der Waals surface area contributed by atoms with Gasteiger partial charge in [0.1, 0.15) is 5.75 Å². The minimum atomic E-state index is 0.643. The lowest BCUT2D eigenvalue weighted by atomic mass is 10.0. The lowest BCUT2D eigenvalue weighted by Gasteiger charge is -2.03. The first-order valence-electron chi connectivity index (χ1n) is 6.17. The number of methoxy groups -OCH3 is 1. The largest absolute Gasteiger partial charge is 0.497 e. The summed E-state index contributed by atoms with van der Waals surface area (Å²) < 4.78 is 5.12. The third-order valence-corrected chi connectivity index (χ3v) is 3.69. The highest BCUT2D eigenvalue weighted by Gasteiger charge is 2.01. The Morgan fingerprint density at radius 1 is 1.10 bits per heavy atom. The van der Waals surface area contributed by atoms with Gasteiger partial charge in [-0.3, -0.25) is 0 Å². The number of rotatable bonds is 4. The van der Waals surface area contributed by atoms with Crippen molar-refractivity contribution in [3.63, 3.8) is 0 Å². The number of nitrogens with zero attached hydrogens (tertiary/aromatic N) is 1. The molecule has 20 heavy (non-hydrogen) atoms. The molecule has 3 heteroatoms. The molecule has 0 spiro atoms. The van der Waals surface area contributed by atoms with Crippen LogP contribution in [-0.4, -0.2) is 13.4 Å². The van der Waals surface area contributed by atoms with Crippen LogP contribution in [0.15, 0.2) is 53.4 Å². The zero-order valence-electron chi connectivity index (χ0n) is 11.5. The molecule has 0 radical (unpaired) electrons. The van der Waals surface area contributed by atoms with E-state index >= 15 is 0 Å². The van der Waals surface area contributed by atoms with E-state index in [1.807, 2.05) is 48.7 Å². The molecule has 0 aliphatic heterocycles. The van der Waals surface area contributed by atoms with Crippen LogP contribution < -0.4 is 4.74 Å². The van der Waals surface area contributed by atoms with E-state index in [4.69, 9.17) is 4.74 Å². The fourth-order valence-corrected chi connectivity index (χ4v) is 2.23. The van der Waals surface area contributed by atoms with E-state index in [1.54, 1.807) is 18.9 Å². The van der Waals surface area contributed by atoms with Gasteiger partial charge in [0.05, 0.1) is 18.8 Å². The molecule has 100 valence electrons. The highest BCUT2D eigenvalue weighted by molar-refractivity contribution is 7.98. The Labute approximate surface area is 123 Å². The van der Waals surface area contributed by atoms with Gasteiger partial charge in [-0.15, -0.1) is 11.8 Å². The van der Waals surface area contributed by atoms with Crippen LogP contribution in [0.2, 0.25) is 0 Å². The molecule has 0 aliphatic carbocycles. The van der Waals surface area contributed by atoms with Crippen molar-refractivity contribution >= 4 is 23.4 Å². The van der Waals surface area contributed by atoms with E-state index in [2.05, 4.69) is 18.2 Å². The first-order valence-corrected chi connectivity index (χ1v) is 7.39. The normalized spacial score (nSPS) is 10.9. The zero-order chi connectivity index (χ0) is 14.4. The van der Waals surface area contributed by atoms with Crippen LogP contribution in [0, 0.1) is 11.3 Å². The van der Waals surface area contributed by atoms with Gasteiger partial charge in [-0.2, -0.15) is 5.26 Å². The number of benzene rings is 2. The zero-order valence-corrected chi connectivity index (χ0v) is 12.3. The van der Waals surface area contributed by atoms with Crippen molar-refractivity contribution in [2.45, 2.75) is 4.90 Å². The predicted molar refractivity (Wildman–Crippen MR) is 84.7 cm³/mol. The van der Waals surface area contributed by atoms with Gasteiger partial charge in [-0.1, -0.05) is 12.1 Å². The fraction of sp³-hybridized carbons (Fsp3) is 0.118. The van der Waals surface area contributed by atoms with Crippen LogP contribution in [0.4, 0.5) is 0 Å². The molecule has 0 heterocycles. The molecule has 0 unspecified atom stereocenters. The summed E-state index contributed by atoms with van der Waals surface area (Å²) >= 11 is 1.70. The number of thioether (sulfide) groups is 1. The third-order valence-electron chi connectivity index (χ3n) is 2.95. The number of ether oxygens (including phenoxy) is 1. The smallest absolute Gasteiger partial charge is 0.118 e. The van der Waals surface area contributed by atoms with Crippen molar-refractivity contribution in [2.24, 2.45) is 0 Å². The van der Waals surface area contributed by atoms with Gasteiger partial charge < -0.3 is 4.74 Å². The van der Waals surface area contributed by atoms with Crippen molar-refractivity contribution in [2.75, 3.05) is 13.4 Å². The van der Waals surface area contributed by atoms with Gasteiger partial charge in [-0.05, 0) is 59.9 Å². The first-order chi connectivity index (χ1) is 9.76. The molecule has 0 saturated heterocycles. The Morgan fingerprint density at radius 2 is 1.75 bits per heavy atom. The average Bonchev–Trinajstić information content (AvgIpc) is 2.53. The Hall–Kier alpha value is -2.18. The van der Waals surface area contributed by atoms with E-state index in [-0.39, 0.29) is 0 Å². The molecule has 2 nitrogen and oxygen atoms in total. The third kappa shape index (κ3) is 3.43. The number of hydrogen-bond donors (Lipinski definition) is 0. The second kappa shape index (κ2) is 6.83. The second-order valence-electron chi connectivity index (χ2n) is 4.17. The summed E-state index contributed by atoms with van der Waals surface area (Å²) in [6.45, 7) is 0. The highest BCUT2D eigenvalue weighted by Crippen LogP contribution is 2.22. The van der Waals surface area contributed by atoms with E-state index < -0.39 is 0 Å². The Balaban J connectivity index is 2.30. The van der Waals surface area contributed by atoms with Crippen LogP contribution in [0.25, 0.3) is 11.6 Å². The Kier molecular flexibility index (Phi) is 4.86. The summed E-state index contributed by atoms with van der Waals surface area (Å²) in [6, 6.07) is 17.9. The standard InChI is InChI=1S/C17H15NOS/c1-19-16-7-5-14(6-8-16)15(12-18)11-13-3-9-17(20-2)10-4-13/h3-11H,1-2H3. The van der Waals surface area contributed by atoms with Crippen molar-refractivity contribution in [1.29, 1.82) is 5.26 Å². The van der Waals surface area contributed by atoms with Gasteiger partial charge in [0.15, 0.2) is 0 Å². The van der Waals surface area contributed by atoms with Gasteiger partial charge in [0.25, 0.3) is 0 Å². The topological polar surface area (TPSA) is 33.0 Å². The molecule has 0 bridgehead atoms. The number of hydrogen-bond acceptors (Lipinski definition) is 3. The lowest BCUT2D eigenvalue weighted by Crippen LogP contribution is -1.85. The summed E-state index contributed by atoms with van der Waals surface area (Å²) in [5.74, 6) is 0.787. The molecule has 2 aromatic carbocycles. The molecule has 0 aliphatic rings. The average molecular weight is 281 g/mol. The van der Waals surface area contributed by atoms with Crippen LogP contribution in [0.1, 0.15) is 11.1 Å². The minimum absolute atomic E-state index is 0.643. The molecule has 0 fully saturated rings. The van der Waals surface area contributed by atoms with E-state index in [9.17, 15) is 5.26 Å². The van der Waals surface area contributed by atoms with Crippen LogP contribution in [0.5, 0.6) is 5.75 Å². The Morgan fingerprint density at radius 3 is 2.25 bits per heavy atom. The van der Waals surface area contributed by atoms with Crippen LogP contribution in [-0.2, 0) is 0 Å². The molecular weight excluding hydrogens is 266 g/mol. The van der Waals surface area contributed by atoms with Gasteiger partial charge in [0, 0.05) is 4.90 Å². The fourth-order valence-electron chi connectivity index (χ4n) is 1.82. The predicted octanol–water partition coefficient (Wildman–Crippen LogP) is 4.48. The maximum absolute atomic E-state index is 9.31. The van der Waals surface area contributed by atoms with E-state index in [1.165, 1.54) is 4.90 Å².